The van der Waals surface area contributed by atoms with E-state index in [9.17, 15) is 0 Å². The van der Waals surface area contributed by atoms with E-state index >= 15 is 0 Å². The van der Waals surface area contributed by atoms with E-state index in [1.807, 2.05) is 6.07 Å². The highest BCUT2D eigenvalue weighted by molar-refractivity contribution is 7.12. The molecule has 0 unspecified atom stereocenters. The van der Waals surface area contributed by atoms with Crippen molar-refractivity contribution in [2.75, 3.05) is 0 Å². The summed E-state index contributed by atoms with van der Waals surface area (Å²) in [6.45, 7) is 4.56. The maximum atomic E-state index is 3.27. The molecule has 0 spiro atoms. The van der Waals surface area contributed by atoms with Gasteiger partial charge < -0.3 is 4.57 Å². The molecule has 0 aliphatic carbocycles. The molecule has 2 aromatic carbocycles. The second-order valence-corrected chi connectivity index (χ2v) is 9.41. The Hall–Kier alpha value is -2.06. The van der Waals surface area contributed by atoms with Gasteiger partial charge in [0, 0.05) is 16.2 Å². The summed E-state index contributed by atoms with van der Waals surface area (Å²) in [5, 5.41) is 7.33. The van der Waals surface area contributed by atoms with Gasteiger partial charge in [0.25, 0.3) is 0 Å². The molecule has 2 heteroatoms. The van der Waals surface area contributed by atoms with Gasteiger partial charge in [-0.3, -0.25) is 0 Å². The molecule has 2 heterocycles. The fourth-order valence-electron chi connectivity index (χ4n) is 4.53. The van der Waals surface area contributed by atoms with Gasteiger partial charge in [-0.25, -0.2) is 0 Å². The Labute approximate surface area is 185 Å². The summed E-state index contributed by atoms with van der Waals surface area (Å²) in [6.07, 6.45) is 12.9. The van der Waals surface area contributed by atoms with Gasteiger partial charge in [-0.15, -0.1) is 11.3 Å². The Morgan fingerprint density at radius 1 is 0.700 bits per heavy atom. The number of fused-ring (bicyclic) bond motifs is 3. The van der Waals surface area contributed by atoms with Crippen molar-refractivity contribution in [3.05, 3.63) is 65.0 Å². The Kier molecular flexibility index (Phi) is 7.28. The molecule has 0 saturated heterocycles. The number of nitrogens with zero attached hydrogens (tertiary/aromatic N) is 1. The molecule has 0 atom stereocenters. The second-order valence-electron chi connectivity index (χ2n) is 8.55. The summed E-state index contributed by atoms with van der Waals surface area (Å²) < 4.78 is 2.42. The molecule has 157 valence electrons. The molecule has 1 radical (unpaired) electrons. The summed E-state index contributed by atoms with van der Waals surface area (Å²) in [4.78, 5) is 0. The Morgan fingerprint density at radius 2 is 1.27 bits per heavy atom. The average Bonchev–Trinajstić information content (AvgIpc) is 3.40. The van der Waals surface area contributed by atoms with Gasteiger partial charge in [-0.2, -0.15) is 0 Å². The number of thiophene rings is 1. The van der Waals surface area contributed by atoms with Crippen molar-refractivity contribution in [3.63, 3.8) is 0 Å². The standard InChI is InChI=1S/C28H34NS/c1-3-5-7-9-12-22-15-17-26-24(20-22)25-21-23(13-10-8-6-4-2)16-18-27(25)29(26)28-14-11-19-30-28/h11,14-18,20-21H,3-10,12-13H2,1-2H3. The summed E-state index contributed by atoms with van der Waals surface area (Å²) in [7, 11) is 0. The monoisotopic (exact) mass is 416 g/mol. The third-order valence-corrected chi connectivity index (χ3v) is 6.99. The van der Waals surface area contributed by atoms with Crippen LogP contribution in [0.25, 0.3) is 26.8 Å². The van der Waals surface area contributed by atoms with Crippen LogP contribution in [0.15, 0.2) is 48.5 Å². The molecule has 0 N–H and O–H groups in total. The maximum Gasteiger partial charge on any atom is 0.101 e. The molecular formula is C28H34NS. The van der Waals surface area contributed by atoms with Gasteiger partial charge in [-0.05, 0) is 73.2 Å². The first-order valence-electron chi connectivity index (χ1n) is 11.8. The van der Waals surface area contributed by atoms with Crippen molar-refractivity contribution in [3.8, 4) is 5.00 Å². The highest BCUT2D eigenvalue weighted by Crippen LogP contribution is 2.35. The zero-order valence-corrected chi connectivity index (χ0v) is 19.4. The van der Waals surface area contributed by atoms with Gasteiger partial charge in [0.15, 0.2) is 0 Å². The minimum atomic E-state index is 1.19. The molecule has 30 heavy (non-hydrogen) atoms. The number of aromatic nitrogens is 1. The van der Waals surface area contributed by atoms with Gasteiger partial charge >= 0.3 is 0 Å². The molecule has 0 aliphatic rings. The minimum Gasteiger partial charge on any atom is -0.301 e. The van der Waals surface area contributed by atoms with Gasteiger partial charge in [0.2, 0.25) is 0 Å². The number of rotatable bonds is 11. The summed E-state index contributed by atoms with van der Waals surface area (Å²) >= 11 is 1.70. The number of unbranched alkanes of at least 4 members (excludes halogenated alkanes) is 6. The number of hydrogen-bond donors (Lipinski definition) is 0. The first-order valence-corrected chi connectivity index (χ1v) is 12.7. The minimum absolute atomic E-state index is 1.19. The Bertz CT molecular complexity index is 1000. The average molecular weight is 417 g/mol. The van der Waals surface area contributed by atoms with Crippen molar-refractivity contribution in [2.45, 2.75) is 78.1 Å². The lowest BCUT2D eigenvalue weighted by molar-refractivity contribution is 0.667. The van der Waals surface area contributed by atoms with Crippen LogP contribution in [-0.4, -0.2) is 4.57 Å². The predicted octanol–water partition coefficient (Wildman–Crippen LogP) is 8.89. The fraction of sp³-hybridized carbons (Fsp3) is 0.429. The maximum absolute atomic E-state index is 3.27. The van der Waals surface area contributed by atoms with Crippen LogP contribution in [0.2, 0.25) is 0 Å². The molecule has 0 amide bonds. The van der Waals surface area contributed by atoms with E-state index < -0.39 is 0 Å². The zero-order chi connectivity index (χ0) is 20.8. The third-order valence-electron chi connectivity index (χ3n) is 6.21. The van der Waals surface area contributed by atoms with Crippen LogP contribution in [0, 0.1) is 5.38 Å². The normalized spacial score (nSPS) is 11.7. The Morgan fingerprint density at radius 3 is 1.73 bits per heavy atom. The quantitative estimate of drug-likeness (QED) is 0.215. The number of aryl methyl sites for hydroxylation is 2. The molecular weight excluding hydrogens is 382 g/mol. The Balaban J connectivity index is 1.72. The zero-order valence-electron chi connectivity index (χ0n) is 18.5. The van der Waals surface area contributed by atoms with Gasteiger partial charge in [0.05, 0.1) is 11.0 Å². The topological polar surface area (TPSA) is 4.93 Å². The lowest BCUT2D eigenvalue weighted by Crippen LogP contribution is -1.91. The third kappa shape index (κ3) is 4.64. The van der Waals surface area contributed by atoms with Crippen molar-refractivity contribution in [1.82, 2.24) is 4.57 Å². The number of hydrogen-bond acceptors (Lipinski definition) is 1. The van der Waals surface area contributed by atoms with E-state index in [2.05, 4.69) is 66.3 Å². The van der Waals surface area contributed by atoms with Gasteiger partial charge in [0.1, 0.15) is 5.00 Å². The first-order chi connectivity index (χ1) is 14.8. The first kappa shape index (κ1) is 21.2. The summed E-state index contributed by atoms with van der Waals surface area (Å²) in [5.74, 6) is 0. The van der Waals surface area contributed by atoms with Crippen molar-refractivity contribution in [2.24, 2.45) is 0 Å². The molecule has 2 aromatic heterocycles. The molecule has 0 aliphatic heterocycles. The molecule has 4 rings (SSSR count). The van der Waals surface area contributed by atoms with Crippen LogP contribution in [0.5, 0.6) is 0 Å². The molecule has 4 aromatic rings. The van der Waals surface area contributed by atoms with Crippen LogP contribution in [0.3, 0.4) is 0 Å². The molecule has 0 bridgehead atoms. The molecule has 0 fully saturated rings. The van der Waals surface area contributed by atoms with Crippen molar-refractivity contribution >= 4 is 33.1 Å². The largest absolute Gasteiger partial charge is 0.301 e. The van der Waals surface area contributed by atoms with Crippen molar-refractivity contribution < 1.29 is 0 Å². The highest BCUT2D eigenvalue weighted by atomic mass is 32.1. The summed E-state index contributed by atoms with van der Waals surface area (Å²) in [6, 6.07) is 18.5. The highest BCUT2D eigenvalue weighted by Gasteiger charge is 2.14. The van der Waals surface area contributed by atoms with Crippen LogP contribution in [0.4, 0.5) is 0 Å². The van der Waals surface area contributed by atoms with E-state index in [0.29, 0.717) is 0 Å². The number of benzene rings is 2. The van der Waals surface area contributed by atoms with Crippen LogP contribution in [0.1, 0.15) is 76.3 Å². The van der Waals surface area contributed by atoms with E-state index in [0.717, 1.165) is 0 Å². The van der Waals surface area contributed by atoms with Crippen LogP contribution in [-0.2, 0) is 12.8 Å². The van der Waals surface area contributed by atoms with Gasteiger partial charge in [-0.1, -0.05) is 64.5 Å². The predicted molar refractivity (Wildman–Crippen MR) is 133 cm³/mol. The van der Waals surface area contributed by atoms with E-state index in [4.69, 9.17) is 0 Å². The lowest BCUT2D eigenvalue weighted by atomic mass is 10.0. The van der Waals surface area contributed by atoms with E-state index in [1.54, 1.807) is 11.3 Å². The fourth-order valence-corrected chi connectivity index (χ4v) is 5.21. The smallest absolute Gasteiger partial charge is 0.101 e. The SMILES string of the molecule is CCCCCCc1ccc2c(c1)c1cc(CCCCCC)ccc1n2-c1cc[c]s1. The summed E-state index contributed by atoms with van der Waals surface area (Å²) in [5.41, 5.74) is 5.59. The van der Waals surface area contributed by atoms with Crippen molar-refractivity contribution in [1.29, 1.82) is 0 Å². The van der Waals surface area contributed by atoms with E-state index in [1.165, 1.54) is 102 Å². The van der Waals surface area contributed by atoms with Crippen LogP contribution >= 0.6 is 11.3 Å². The lowest BCUT2D eigenvalue weighted by Gasteiger charge is -2.06. The van der Waals surface area contributed by atoms with E-state index in [-0.39, 0.29) is 0 Å². The molecule has 0 saturated carbocycles. The molecule has 1 nitrogen and oxygen atoms in total. The van der Waals surface area contributed by atoms with Crippen LogP contribution < -0.4 is 0 Å². The second kappa shape index (κ2) is 10.3.